The minimum absolute atomic E-state index is 0.111. The SMILES string of the molecule is O=C(COc1ccc(F)c(Cl)c1)N(c1ccccc1)[C@@H]1C=CS(=O)(=O)C1. The topological polar surface area (TPSA) is 63.7 Å². The van der Waals surface area contributed by atoms with Crippen LogP contribution in [0.4, 0.5) is 10.1 Å². The zero-order chi connectivity index (χ0) is 18.7. The predicted octanol–water partition coefficient (Wildman–Crippen LogP) is 3.20. The zero-order valence-corrected chi connectivity index (χ0v) is 15.1. The molecule has 0 saturated carbocycles. The number of carbonyl (C=O) groups excluding carboxylic acids is 1. The Labute approximate surface area is 155 Å². The lowest BCUT2D eigenvalue weighted by atomic mass is 10.2. The first-order chi connectivity index (χ1) is 12.4. The van der Waals surface area contributed by atoms with Gasteiger partial charge in [-0.15, -0.1) is 0 Å². The first-order valence-corrected chi connectivity index (χ1v) is 9.81. The normalized spacial score (nSPS) is 17.8. The first kappa shape index (κ1) is 18.4. The molecule has 0 unspecified atom stereocenters. The maximum Gasteiger partial charge on any atom is 0.265 e. The van der Waals surface area contributed by atoms with E-state index in [1.54, 1.807) is 30.3 Å². The number of sulfone groups is 1. The molecule has 1 aliphatic rings. The minimum atomic E-state index is -3.33. The Morgan fingerprint density at radius 2 is 1.96 bits per heavy atom. The maximum atomic E-state index is 13.2. The van der Waals surface area contributed by atoms with E-state index in [2.05, 4.69) is 0 Å². The number of nitrogens with zero attached hydrogens (tertiary/aromatic N) is 1. The Hall–Kier alpha value is -2.38. The number of ether oxygens (including phenoxy) is 1. The summed E-state index contributed by atoms with van der Waals surface area (Å²) in [7, 11) is -3.33. The van der Waals surface area contributed by atoms with Crippen LogP contribution in [0.25, 0.3) is 0 Å². The molecule has 0 spiro atoms. The first-order valence-electron chi connectivity index (χ1n) is 7.72. The van der Waals surface area contributed by atoms with E-state index in [0.717, 1.165) is 11.5 Å². The summed E-state index contributed by atoms with van der Waals surface area (Å²) in [5.74, 6) is -0.955. The molecule has 0 fully saturated rings. The third kappa shape index (κ3) is 4.23. The molecule has 0 N–H and O–H groups in total. The highest BCUT2D eigenvalue weighted by Gasteiger charge is 2.31. The van der Waals surface area contributed by atoms with E-state index in [0.29, 0.717) is 5.69 Å². The molecule has 1 amide bonds. The fraction of sp³-hybridized carbons (Fsp3) is 0.167. The number of halogens is 2. The van der Waals surface area contributed by atoms with E-state index in [9.17, 15) is 17.6 Å². The van der Waals surface area contributed by atoms with Crippen LogP contribution in [-0.2, 0) is 14.6 Å². The van der Waals surface area contributed by atoms with Gasteiger partial charge in [-0.2, -0.15) is 0 Å². The molecule has 0 aromatic heterocycles. The number of para-hydroxylation sites is 1. The third-order valence-electron chi connectivity index (χ3n) is 3.80. The highest BCUT2D eigenvalue weighted by atomic mass is 35.5. The van der Waals surface area contributed by atoms with Crippen molar-refractivity contribution in [2.24, 2.45) is 0 Å². The molecule has 0 bridgehead atoms. The second-order valence-electron chi connectivity index (χ2n) is 5.69. The summed E-state index contributed by atoms with van der Waals surface area (Å²) in [6.45, 7) is -0.346. The molecule has 8 heteroatoms. The Balaban J connectivity index is 1.79. The third-order valence-corrected chi connectivity index (χ3v) is 5.47. The average molecular weight is 396 g/mol. The van der Waals surface area contributed by atoms with Crippen LogP contribution in [0.1, 0.15) is 0 Å². The van der Waals surface area contributed by atoms with Crippen LogP contribution in [-0.4, -0.2) is 32.7 Å². The fourth-order valence-corrected chi connectivity index (χ4v) is 4.05. The summed E-state index contributed by atoms with van der Waals surface area (Å²) in [6.07, 6.45) is 1.48. The molecular formula is C18H15ClFNO4S. The minimum Gasteiger partial charge on any atom is -0.484 e. The molecule has 1 aliphatic heterocycles. The molecule has 0 radical (unpaired) electrons. The van der Waals surface area contributed by atoms with E-state index < -0.39 is 27.6 Å². The van der Waals surface area contributed by atoms with Crippen LogP contribution in [0.15, 0.2) is 60.0 Å². The fourth-order valence-electron chi connectivity index (χ4n) is 2.61. The monoisotopic (exact) mass is 395 g/mol. The van der Waals surface area contributed by atoms with Gasteiger partial charge >= 0.3 is 0 Å². The largest absolute Gasteiger partial charge is 0.484 e. The highest BCUT2D eigenvalue weighted by Crippen LogP contribution is 2.24. The summed E-state index contributed by atoms with van der Waals surface area (Å²) in [5, 5.41) is 1.00. The lowest BCUT2D eigenvalue weighted by Gasteiger charge is -2.27. The van der Waals surface area contributed by atoms with Crippen LogP contribution in [0.5, 0.6) is 5.75 Å². The second kappa shape index (κ2) is 7.47. The molecule has 136 valence electrons. The Morgan fingerprint density at radius 3 is 2.58 bits per heavy atom. The van der Waals surface area contributed by atoms with Crippen molar-refractivity contribution in [2.75, 3.05) is 17.3 Å². The van der Waals surface area contributed by atoms with Crippen LogP contribution < -0.4 is 9.64 Å². The van der Waals surface area contributed by atoms with Crippen LogP contribution >= 0.6 is 11.6 Å². The van der Waals surface area contributed by atoms with Crippen molar-refractivity contribution in [1.82, 2.24) is 0 Å². The quantitative estimate of drug-likeness (QED) is 0.779. The number of anilines is 1. The molecule has 1 heterocycles. The summed E-state index contributed by atoms with van der Waals surface area (Å²) in [6, 6.07) is 11.9. The van der Waals surface area contributed by atoms with E-state index >= 15 is 0 Å². The smallest absolute Gasteiger partial charge is 0.265 e. The average Bonchev–Trinajstić information content (AvgIpc) is 2.96. The van der Waals surface area contributed by atoms with Crippen molar-refractivity contribution in [3.8, 4) is 5.75 Å². The molecule has 26 heavy (non-hydrogen) atoms. The number of rotatable bonds is 5. The van der Waals surface area contributed by atoms with Gasteiger partial charge in [-0.1, -0.05) is 29.8 Å². The van der Waals surface area contributed by atoms with Crippen molar-refractivity contribution in [2.45, 2.75) is 6.04 Å². The molecule has 0 aliphatic carbocycles. The van der Waals surface area contributed by atoms with Crippen molar-refractivity contribution >= 4 is 33.0 Å². The van der Waals surface area contributed by atoms with Crippen LogP contribution in [0.2, 0.25) is 5.02 Å². The Kier molecular flexibility index (Phi) is 5.29. The number of benzene rings is 2. The van der Waals surface area contributed by atoms with Gasteiger partial charge in [0, 0.05) is 17.2 Å². The molecule has 2 aromatic rings. The van der Waals surface area contributed by atoms with Gasteiger partial charge in [-0.3, -0.25) is 4.79 Å². The standard InChI is InChI=1S/C18H15ClFNO4S/c19-16-10-15(6-7-17(16)20)25-11-18(22)21(13-4-2-1-3-5-13)14-8-9-26(23,24)12-14/h1-10,14H,11-12H2/t14-/m1/s1. The van der Waals surface area contributed by atoms with Gasteiger partial charge in [0.15, 0.2) is 16.4 Å². The number of amides is 1. The van der Waals surface area contributed by atoms with E-state index in [4.69, 9.17) is 16.3 Å². The van der Waals surface area contributed by atoms with Crippen LogP contribution in [0.3, 0.4) is 0 Å². The summed E-state index contributed by atoms with van der Waals surface area (Å²) in [5.41, 5.74) is 0.560. The molecule has 2 aromatic carbocycles. The van der Waals surface area contributed by atoms with Gasteiger partial charge in [-0.05, 0) is 30.3 Å². The second-order valence-corrected chi connectivity index (χ2v) is 8.03. The lowest BCUT2D eigenvalue weighted by molar-refractivity contribution is -0.120. The maximum absolute atomic E-state index is 13.2. The lowest BCUT2D eigenvalue weighted by Crippen LogP contribution is -2.43. The van der Waals surface area contributed by atoms with Crippen molar-refractivity contribution in [1.29, 1.82) is 0 Å². The summed E-state index contributed by atoms with van der Waals surface area (Å²) in [4.78, 5) is 14.1. The number of hydrogen-bond acceptors (Lipinski definition) is 4. The summed E-state index contributed by atoms with van der Waals surface area (Å²) < 4.78 is 42.1. The van der Waals surface area contributed by atoms with Gasteiger partial charge in [0.05, 0.1) is 16.8 Å². The zero-order valence-electron chi connectivity index (χ0n) is 13.5. The number of carbonyl (C=O) groups is 1. The molecule has 5 nitrogen and oxygen atoms in total. The van der Waals surface area contributed by atoms with E-state index in [-0.39, 0.29) is 23.1 Å². The van der Waals surface area contributed by atoms with E-state index in [1.807, 2.05) is 0 Å². The molecule has 0 saturated heterocycles. The number of hydrogen-bond donors (Lipinski definition) is 0. The van der Waals surface area contributed by atoms with Crippen molar-refractivity contribution < 1.29 is 22.3 Å². The Bertz CT molecular complexity index is 947. The van der Waals surface area contributed by atoms with Gasteiger partial charge in [0.25, 0.3) is 5.91 Å². The van der Waals surface area contributed by atoms with Crippen molar-refractivity contribution in [3.05, 3.63) is 70.9 Å². The van der Waals surface area contributed by atoms with E-state index in [1.165, 1.54) is 23.1 Å². The van der Waals surface area contributed by atoms with Gasteiger partial charge in [0.1, 0.15) is 11.6 Å². The Morgan fingerprint density at radius 1 is 1.23 bits per heavy atom. The molecule has 3 rings (SSSR count). The van der Waals surface area contributed by atoms with Gasteiger partial charge in [0.2, 0.25) is 0 Å². The molecule has 1 atom stereocenters. The summed E-state index contributed by atoms with van der Waals surface area (Å²) >= 11 is 5.70. The predicted molar refractivity (Wildman–Crippen MR) is 97.5 cm³/mol. The van der Waals surface area contributed by atoms with Gasteiger partial charge < -0.3 is 9.64 Å². The van der Waals surface area contributed by atoms with Crippen molar-refractivity contribution in [3.63, 3.8) is 0 Å². The highest BCUT2D eigenvalue weighted by molar-refractivity contribution is 7.94. The van der Waals surface area contributed by atoms with Crippen LogP contribution in [0, 0.1) is 5.82 Å². The van der Waals surface area contributed by atoms with Gasteiger partial charge in [-0.25, -0.2) is 12.8 Å². The molecular weight excluding hydrogens is 381 g/mol.